The minimum atomic E-state index is -0.767. The van der Waals surface area contributed by atoms with E-state index < -0.39 is 11.6 Å². The van der Waals surface area contributed by atoms with Gasteiger partial charge in [-0.05, 0) is 48.9 Å². The average Bonchev–Trinajstić information content (AvgIpc) is 3.15. The Morgan fingerprint density at radius 2 is 2.00 bits per heavy atom. The molecule has 29 heavy (non-hydrogen) atoms. The maximum Gasteiger partial charge on any atom is 0.351 e. The lowest BCUT2D eigenvalue weighted by atomic mass is 9.90. The molecule has 1 N–H and O–H groups in total. The molecule has 0 saturated heterocycles. The number of nitrogens with zero attached hydrogens (tertiary/aromatic N) is 1. The van der Waals surface area contributed by atoms with E-state index in [2.05, 4.69) is 16.1 Å². The molecule has 7 nitrogen and oxygen atoms in total. The second-order valence-corrected chi connectivity index (χ2v) is 7.95. The Balaban J connectivity index is 1.60. The van der Waals surface area contributed by atoms with Crippen molar-refractivity contribution < 1.29 is 18.7 Å². The molecule has 150 valence electrons. The van der Waals surface area contributed by atoms with Crippen LogP contribution in [-0.4, -0.2) is 26.2 Å². The number of carbonyl (C=O) groups excluding carboxylic acids is 2. The van der Waals surface area contributed by atoms with Gasteiger partial charge in [0, 0.05) is 18.8 Å². The maximum absolute atomic E-state index is 12.8. The van der Waals surface area contributed by atoms with Crippen LogP contribution in [0.5, 0.6) is 0 Å². The van der Waals surface area contributed by atoms with Crippen molar-refractivity contribution >= 4 is 44.3 Å². The van der Waals surface area contributed by atoms with Gasteiger partial charge in [-0.1, -0.05) is 12.1 Å². The summed E-state index contributed by atoms with van der Waals surface area (Å²) in [6.45, 7) is 0. The second-order valence-electron chi connectivity index (χ2n) is 6.89. The van der Waals surface area contributed by atoms with E-state index in [-0.39, 0.29) is 11.6 Å². The van der Waals surface area contributed by atoms with Gasteiger partial charge in [0.15, 0.2) is 5.58 Å². The summed E-state index contributed by atoms with van der Waals surface area (Å²) in [6, 6.07) is 8.75. The number of thiophene rings is 1. The van der Waals surface area contributed by atoms with E-state index in [1.165, 1.54) is 47.0 Å². The van der Waals surface area contributed by atoms with Gasteiger partial charge in [0.2, 0.25) is 0 Å². The molecule has 0 radical (unpaired) electrons. The van der Waals surface area contributed by atoms with Crippen LogP contribution in [0.1, 0.15) is 34.3 Å². The number of hydrogen-bond acceptors (Lipinski definition) is 6. The minimum Gasteiger partial charge on any atom is -0.465 e. The normalized spacial score (nSPS) is 13.0. The molecule has 4 rings (SSSR count). The highest BCUT2D eigenvalue weighted by Gasteiger charge is 2.20. The number of aryl methyl sites for hydroxylation is 1. The first-order valence-electron chi connectivity index (χ1n) is 9.29. The highest BCUT2D eigenvalue weighted by Crippen LogP contribution is 2.33. The van der Waals surface area contributed by atoms with Crippen molar-refractivity contribution in [3.05, 3.63) is 57.4 Å². The molecule has 1 aliphatic carbocycles. The van der Waals surface area contributed by atoms with Gasteiger partial charge in [-0.25, -0.2) is 14.4 Å². The average molecular weight is 412 g/mol. The fourth-order valence-corrected chi connectivity index (χ4v) is 4.51. The zero-order chi connectivity index (χ0) is 20.5. The summed E-state index contributed by atoms with van der Waals surface area (Å²) in [5.41, 5.74) is 2.70. The van der Waals surface area contributed by atoms with Crippen LogP contribution in [0.25, 0.3) is 10.3 Å². The minimum absolute atomic E-state index is 0.170. The van der Waals surface area contributed by atoms with Crippen LogP contribution in [0.4, 0.5) is 15.5 Å². The molecular formula is C21H20N2O5S. The van der Waals surface area contributed by atoms with Gasteiger partial charge in [0.05, 0.1) is 11.8 Å². The van der Waals surface area contributed by atoms with E-state index in [4.69, 9.17) is 4.42 Å². The maximum atomic E-state index is 12.8. The molecule has 0 saturated carbocycles. The van der Waals surface area contributed by atoms with Crippen LogP contribution in [-0.2, 0) is 17.6 Å². The molecule has 0 bridgehead atoms. The molecule has 0 aliphatic heterocycles. The number of carbonyl (C=O) groups is 2. The summed E-state index contributed by atoms with van der Waals surface area (Å²) < 4.78 is 10.4. The Kier molecular flexibility index (Phi) is 5.10. The third-order valence-electron chi connectivity index (χ3n) is 5.09. The molecule has 0 atom stereocenters. The van der Waals surface area contributed by atoms with Crippen molar-refractivity contribution in [2.75, 3.05) is 24.4 Å². The molecule has 1 aromatic carbocycles. The van der Waals surface area contributed by atoms with Crippen molar-refractivity contribution in [1.29, 1.82) is 0 Å². The lowest BCUT2D eigenvalue weighted by Crippen LogP contribution is -2.31. The number of hydrogen-bond donors (Lipinski definition) is 1. The first-order chi connectivity index (χ1) is 14.0. The van der Waals surface area contributed by atoms with Gasteiger partial charge in [-0.15, -0.1) is 11.3 Å². The zero-order valence-corrected chi connectivity index (χ0v) is 16.9. The fraction of sp³-hybridized carbons (Fsp3) is 0.286. The monoisotopic (exact) mass is 412 g/mol. The molecular weight excluding hydrogens is 392 g/mol. The number of urea groups is 1. The molecule has 1 aliphatic rings. The number of amides is 2. The van der Waals surface area contributed by atoms with Crippen LogP contribution in [0.3, 0.4) is 0 Å². The molecule has 2 aromatic heterocycles. The fourth-order valence-electron chi connectivity index (χ4n) is 3.52. The van der Waals surface area contributed by atoms with E-state index in [0.29, 0.717) is 15.3 Å². The Labute approximate surface area is 170 Å². The first kappa shape index (κ1) is 19.2. The smallest absolute Gasteiger partial charge is 0.351 e. The van der Waals surface area contributed by atoms with E-state index >= 15 is 0 Å². The Bertz CT molecular complexity index is 1160. The SMILES string of the molecule is COC(=O)c1cc2sc(N(C)C(=O)Nc3cccc4c3CCCC4)cc2oc1=O. The van der Waals surface area contributed by atoms with Gasteiger partial charge in [0.1, 0.15) is 10.6 Å². The summed E-state index contributed by atoms with van der Waals surface area (Å²) in [7, 11) is 2.85. The molecule has 0 unspecified atom stereocenters. The van der Waals surface area contributed by atoms with Crippen molar-refractivity contribution in [2.24, 2.45) is 0 Å². The summed E-state index contributed by atoms with van der Waals surface area (Å²) in [5, 5.41) is 3.58. The van der Waals surface area contributed by atoms with Crippen LogP contribution < -0.4 is 15.8 Å². The van der Waals surface area contributed by atoms with Gasteiger partial charge in [-0.2, -0.15) is 0 Å². The predicted molar refractivity (Wildman–Crippen MR) is 112 cm³/mol. The largest absolute Gasteiger partial charge is 0.465 e. The molecule has 8 heteroatoms. The van der Waals surface area contributed by atoms with Crippen LogP contribution in [0.2, 0.25) is 0 Å². The van der Waals surface area contributed by atoms with Crippen molar-refractivity contribution in [1.82, 2.24) is 0 Å². The van der Waals surface area contributed by atoms with Crippen molar-refractivity contribution in [3.8, 4) is 0 Å². The first-order valence-corrected chi connectivity index (χ1v) is 10.1. The Hall–Kier alpha value is -3.13. The number of esters is 1. The number of rotatable bonds is 3. The van der Waals surface area contributed by atoms with Crippen molar-refractivity contribution in [3.63, 3.8) is 0 Å². The van der Waals surface area contributed by atoms with E-state index in [1.54, 1.807) is 13.1 Å². The number of ether oxygens (including phenoxy) is 1. The number of methoxy groups -OCH3 is 1. The van der Waals surface area contributed by atoms with Crippen molar-refractivity contribution in [2.45, 2.75) is 25.7 Å². The molecule has 0 spiro atoms. The Morgan fingerprint density at radius 1 is 1.21 bits per heavy atom. The van der Waals surface area contributed by atoms with Gasteiger partial charge >= 0.3 is 17.6 Å². The van der Waals surface area contributed by atoms with E-state index in [1.807, 2.05) is 12.1 Å². The zero-order valence-electron chi connectivity index (χ0n) is 16.1. The molecule has 2 heterocycles. The summed E-state index contributed by atoms with van der Waals surface area (Å²) in [6.07, 6.45) is 4.28. The topological polar surface area (TPSA) is 88.8 Å². The number of nitrogens with one attached hydrogen (secondary N) is 1. The molecule has 0 fully saturated rings. The molecule has 2 amide bonds. The van der Waals surface area contributed by atoms with Crippen LogP contribution in [0, 0.1) is 0 Å². The number of anilines is 2. The lowest BCUT2D eigenvalue weighted by Gasteiger charge is -2.21. The standard InChI is InChI=1S/C21H20N2O5S/c1-23(21(26)22-15-9-5-7-12-6-3-4-8-13(12)15)18-11-16-17(29-18)10-14(19(24)27-2)20(25)28-16/h5,7,9-11H,3-4,6,8H2,1-2H3,(H,22,26). The van der Waals surface area contributed by atoms with Gasteiger partial charge in [0.25, 0.3) is 0 Å². The predicted octanol–water partition coefficient (Wildman–Crippen LogP) is 4.19. The second kappa shape index (κ2) is 7.71. The van der Waals surface area contributed by atoms with E-state index in [0.717, 1.165) is 24.9 Å². The van der Waals surface area contributed by atoms with Crippen LogP contribution in [0.15, 0.2) is 39.5 Å². The highest BCUT2D eigenvalue weighted by atomic mass is 32.1. The number of fused-ring (bicyclic) bond motifs is 2. The Morgan fingerprint density at radius 3 is 2.79 bits per heavy atom. The summed E-state index contributed by atoms with van der Waals surface area (Å²) in [5.74, 6) is -0.754. The third kappa shape index (κ3) is 3.63. The number of benzene rings is 1. The summed E-state index contributed by atoms with van der Waals surface area (Å²) >= 11 is 1.25. The quantitative estimate of drug-likeness (QED) is 0.652. The lowest BCUT2D eigenvalue weighted by molar-refractivity contribution is 0.0596. The highest BCUT2D eigenvalue weighted by molar-refractivity contribution is 7.22. The van der Waals surface area contributed by atoms with Gasteiger partial charge in [-0.3, -0.25) is 4.90 Å². The third-order valence-corrected chi connectivity index (χ3v) is 6.23. The van der Waals surface area contributed by atoms with Crippen LogP contribution >= 0.6 is 11.3 Å². The van der Waals surface area contributed by atoms with E-state index in [9.17, 15) is 14.4 Å². The molecule has 3 aromatic rings. The van der Waals surface area contributed by atoms with Gasteiger partial charge < -0.3 is 14.5 Å². The summed E-state index contributed by atoms with van der Waals surface area (Å²) in [4.78, 5) is 37.9.